The van der Waals surface area contributed by atoms with Crippen LogP contribution in [0.3, 0.4) is 0 Å². The summed E-state index contributed by atoms with van der Waals surface area (Å²) in [5, 5.41) is 4.37. The summed E-state index contributed by atoms with van der Waals surface area (Å²) >= 11 is 6.03. The highest BCUT2D eigenvalue weighted by atomic mass is 35.5. The van der Waals surface area contributed by atoms with Crippen molar-refractivity contribution in [1.29, 1.82) is 0 Å². The largest absolute Gasteiger partial charge is 0.370 e. The molecule has 0 bridgehead atoms. The highest BCUT2D eigenvalue weighted by Gasteiger charge is 2.09. The number of pyridine rings is 1. The summed E-state index contributed by atoms with van der Waals surface area (Å²) in [7, 11) is 0. The van der Waals surface area contributed by atoms with Gasteiger partial charge in [-0.2, -0.15) is 0 Å². The zero-order valence-corrected chi connectivity index (χ0v) is 10.6. The molecule has 0 amide bonds. The molecule has 0 unspecified atom stereocenters. The normalized spacial score (nSPS) is 10.8. The molecule has 0 radical (unpaired) electrons. The Balaban J connectivity index is 2.59. The molecule has 0 aliphatic carbocycles. The van der Waals surface area contributed by atoms with E-state index in [0.29, 0.717) is 15.9 Å². The summed E-state index contributed by atoms with van der Waals surface area (Å²) in [5.41, 5.74) is 1.29. The number of aryl methyl sites for hydroxylation is 1. The van der Waals surface area contributed by atoms with Gasteiger partial charge in [0.05, 0.1) is 5.02 Å². The lowest BCUT2D eigenvalue weighted by Crippen LogP contribution is -2.04. The summed E-state index contributed by atoms with van der Waals surface area (Å²) in [6, 6.07) is 4.77. The predicted molar refractivity (Wildman–Crippen MR) is 70.2 cm³/mol. The maximum Gasteiger partial charge on any atom is 0.149 e. The van der Waals surface area contributed by atoms with Crippen molar-refractivity contribution in [3.8, 4) is 0 Å². The van der Waals surface area contributed by atoms with E-state index in [-0.39, 0.29) is 5.82 Å². The number of nitrogens with zero attached hydrogens (tertiary/aromatic N) is 1. The minimum atomic E-state index is -0.344. The van der Waals surface area contributed by atoms with Gasteiger partial charge in [-0.15, -0.1) is 0 Å². The average molecular weight is 253 g/mol. The molecule has 0 saturated heterocycles. The fourth-order valence-corrected chi connectivity index (χ4v) is 1.92. The van der Waals surface area contributed by atoms with Gasteiger partial charge in [0.25, 0.3) is 0 Å². The standard InChI is InChI=1S/C13H14ClFN2/c1-3-6-16-13-8(2)7-9-10(14)4-5-11(15)12(9)17-13/h4-5,7H,3,6H2,1-2H3,(H,16,17). The van der Waals surface area contributed by atoms with Gasteiger partial charge in [0.2, 0.25) is 0 Å². The first kappa shape index (κ1) is 12.1. The molecule has 1 heterocycles. The van der Waals surface area contributed by atoms with Crippen LogP contribution in [0, 0.1) is 12.7 Å². The van der Waals surface area contributed by atoms with Crippen LogP contribution in [-0.2, 0) is 0 Å². The Hall–Kier alpha value is -1.35. The van der Waals surface area contributed by atoms with Crippen molar-refractivity contribution < 1.29 is 4.39 Å². The van der Waals surface area contributed by atoms with Crippen LogP contribution in [0.15, 0.2) is 18.2 Å². The molecule has 17 heavy (non-hydrogen) atoms. The summed E-state index contributed by atoms with van der Waals surface area (Å²) in [5.74, 6) is 0.379. The number of anilines is 1. The molecule has 2 nitrogen and oxygen atoms in total. The van der Waals surface area contributed by atoms with Crippen molar-refractivity contribution in [2.24, 2.45) is 0 Å². The summed E-state index contributed by atoms with van der Waals surface area (Å²) in [4.78, 5) is 4.30. The maximum atomic E-state index is 13.7. The van der Waals surface area contributed by atoms with E-state index in [4.69, 9.17) is 11.6 Å². The van der Waals surface area contributed by atoms with E-state index in [1.807, 2.05) is 13.0 Å². The zero-order chi connectivity index (χ0) is 12.4. The van der Waals surface area contributed by atoms with Gasteiger partial charge >= 0.3 is 0 Å². The molecule has 1 N–H and O–H groups in total. The van der Waals surface area contributed by atoms with Crippen molar-refractivity contribution in [1.82, 2.24) is 4.98 Å². The first-order valence-electron chi connectivity index (χ1n) is 5.62. The van der Waals surface area contributed by atoms with E-state index in [0.717, 1.165) is 24.3 Å². The fraction of sp³-hybridized carbons (Fsp3) is 0.308. The van der Waals surface area contributed by atoms with E-state index < -0.39 is 0 Å². The molecule has 0 spiro atoms. The number of rotatable bonds is 3. The number of hydrogen-bond acceptors (Lipinski definition) is 2. The predicted octanol–water partition coefficient (Wildman–Crippen LogP) is 4.16. The lowest BCUT2D eigenvalue weighted by atomic mass is 10.1. The van der Waals surface area contributed by atoms with Crippen LogP contribution in [0.1, 0.15) is 18.9 Å². The van der Waals surface area contributed by atoms with Crippen LogP contribution >= 0.6 is 11.6 Å². The molecular weight excluding hydrogens is 239 g/mol. The van der Waals surface area contributed by atoms with Crippen LogP contribution in [0.5, 0.6) is 0 Å². The SMILES string of the molecule is CCCNc1nc2c(F)ccc(Cl)c2cc1C. The van der Waals surface area contributed by atoms with Crippen molar-refractivity contribution in [2.75, 3.05) is 11.9 Å². The van der Waals surface area contributed by atoms with Crippen molar-refractivity contribution >= 4 is 28.3 Å². The number of halogens is 2. The van der Waals surface area contributed by atoms with E-state index in [1.165, 1.54) is 6.07 Å². The van der Waals surface area contributed by atoms with Crippen LogP contribution < -0.4 is 5.32 Å². The average Bonchev–Trinajstić information content (AvgIpc) is 2.32. The van der Waals surface area contributed by atoms with Gasteiger partial charge in [-0.05, 0) is 37.1 Å². The van der Waals surface area contributed by atoms with E-state index >= 15 is 0 Å². The third-order valence-corrected chi connectivity index (χ3v) is 2.94. The van der Waals surface area contributed by atoms with Crippen molar-refractivity contribution in [3.63, 3.8) is 0 Å². The molecule has 90 valence electrons. The number of benzene rings is 1. The first-order valence-corrected chi connectivity index (χ1v) is 6.00. The molecule has 2 rings (SSSR count). The molecule has 2 aromatic rings. The Bertz CT molecular complexity index is 555. The van der Waals surface area contributed by atoms with Crippen LogP contribution in [-0.4, -0.2) is 11.5 Å². The molecule has 1 aromatic heterocycles. The number of fused-ring (bicyclic) bond motifs is 1. The van der Waals surface area contributed by atoms with E-state index in [1.54, 1.807) is 6.07 Å². The van der Waals surface area contributed by atoms with Crippen molar-refractivity contribution in [3.05, 3.63) is 34.6 Å². The molecule has 4 heteroatoms. The zero-order valence-electron chi connectivity index (χ0n) is 9.85. The third-order valence-electron chi connectivity index (χ3n) is 2.62. The van der Waals surface area contributed by atoms with Gasteiger partial charge in [0.15, 0.2) is 0 Å². The lowest BCUT2D eigenvalue weighted by molar-refractivity contribution is 0.637. The van der Waals surface area contributed by atoms with Gasteiger partial charge < -0.3 is 5.32 Å². The minimum Gasteiger partial charge on any atom is -0.370 e. The summed E-state index contributed by atoms with van der Waals surface area (Å²) in [6.07, 6.45) is 0.997. The second-order valence-corrected chi connectivity index (χ2v) is 4.41. The van der Waals surface area contributed by atoms with Crippen LogP contribution in [0.25, 0.3) is 10.9 Å². The van der Waals surface area contributed by atoms with Gasteiger partial charge in [-0.25, -0.2) is 9.37 Å². The monoisotopic (exact) mass is 252 g/mol. The molecule has 0 aliphatic rings. The Morgan fingerprint density at radius 3 is 2.88 bits per heavy atom. The van der Waals surface area contributed by atoms with E-state index in [2.05, 4.69) is 17.2 Å². The smallest absolute Gasteiger partial charge is 0.149 e. The number of hydrogen-bond donors (Lipinski definition) is 1. The van der Waals surface area contributed by atoms with E-state index in [9.17, 15) is 4.39 Å². The quantitative estimate of drug-likeness (QED) is 0.887. The fourth-order valence-electron chi connectivity index (χ4n) is 1.71. The van der Waals surface area contributed by atoms with Gasteiger partial charge in [-0.1, -0.05) is 18.5 Å². The molecule has 0 saturated carbocycles. The number of nitrogens with one attached hydrogen (secondary N) is 1. The minimum absolute atomic E-state index is 0.321. The Kier molecular flexibility index (Phi) is 3.48. The first-order chi connectivity index (χ1) is 8.13. The van der Waals surface area contributed by atoms with Gasteiger partial charge in [0.1, 0.15) is 17.2 Å². The second kappa shape index (κ2) is 4.88. The molecule has 0 aliphatic heterocycles. The van der Waals surface area contributed by atoms with Gasteiger partial charge in [0, 0.05) is 11.9 Å². The van der Waals surface area contributed by atoms with Crippen LogP contribution in [0.4, 0.5) is 10.2 Å². The highest BCUT2D eigenvalue weighted by molar-refractivity contribution is 6.35. The Morgan fingerprint density at radius 1 is 1.41 bits per heavy atom. The van der Waals surface area contributed by atoms with Crippen molar-refractivity contribution in [2.45, 2.75) is 20.3 Å². The maximum absolute atomic E-state index is 13.7. The second-order valence-electron chi connectivity index (χ2n) is 4.01. The molecule has 0 atom stereocenters. The molecule has 1 aromatic carbocycles. The number of aromatic nitrogens is 1. The summed E-state index contributed by atoms with van der Waals surface area (Å²) < 4.78 is 13.7. The van der Waals surface area contributed by atoms with Crippen LogP contribution in [0.2, 0.25) is 5.02 Å². The Labute approximate surface area is 105 Å². The third kappa shape index (κ3) is 2.34. The molecule has 0 fully saturated rings. The Morgan fingerprint density at radius 2 is 2.18 bits per heavy atom. The summed E-state index contributed by atoms with van der Waals surface area (Å²) in [6.45, 7) is 4.83. The topological polar surface area (TPSA) is 24.9 Å². The highest BCUT2D eigenvalue weighted by Crippen LogP contribution is 2.28. The molecular formula is C13H14ClFN2. The van der Waals surface area contributed by atoms with Gasteiger partial charge in [-0.3, -0.25) is 0 Å². The lowest BCUT2D eigenvalue weighted by Gasteiger charge is -2.10.